The molecule has 1 aromatic heterocycles. The van der Waals surface area contributed by atoms with Gasteiger partial charge in [0.15, 0.2) is 11.4 Å². The van der Waals surface area contributed by atoms with Crippen molar-refractivity contribution < 1.29 is 28.2 Å². The van der Waals surface area contributed by atoms with Crippen molar-refractivity contribution >= 4 is 11.8 Å². The number of rotatable bonds is 6. The van der Waals surface area contributed by atoms with Gasteiger partial charge in [-0.05, 0) is 24.8 Å². The van der Waals surface area contributed by atoms with E-state index in [1.54, 1.807) is 0 Å². The number of nitrogens with one attached hydrogen (secondary N) is 1. The maximum atomic E-state index is 14.1. The molecule has 0 radical (unpaired) electrons. The van der Waals surface area contributed by atoms with Crippen LogP contribution in [0, 0.1) is 17.6 Å². The highest BCUT2D eigenvalue weighted by Crippen LogP contribution is 2.39. The molecule has 1 aromatic carbocycles. The van der Waals surface area contributed by atoms with Crippen molar-refractivity contribution in [3.05, 3.63) is 63.1 Å². The summed E-state index contributed by atoms with van der Waals surface area (Å²) in [6, 6.07) is 3.04. The maximum Gasteiger partial charge on any atom is 0.276 e. The van der Waals surface area contributed by atoms with Gasteiger partial charge < -0.3 is 24.6 Å². The molecule has 6 rings (SSSR count). The SMILES string of the molecule is O=C(NCc1ccc(F)cc1F)c1cn2c(c(O)c1=O)C(=O)N1[C@H]3CCCCC3CN(CCN3CCOCC3)[C@@H]1C2. The van der Waals surface area contributed by atoms with Crippen molar-refractivity contribution in [2.24, 2.45) is 5.92 Å². The average molecular weight is 572 g/mol. The number of carbonyl (C=O) groups is 2. The Bertz CT molecular complexity index is 1390. The summed E-state index contributed by atoms with van der Waals surface area (Å²) >= 11 is 0. The Balaban J connectivity index is 1.27. The maximum absolute atomic E-state index is 14.1. The number of aromatic hydroxyl groups is 1. The van der Waals surface area contributed by atoms with Crippen molar-refractivity contribution in [1.29, 1.82) is 0 Å². The Morgan fingerprint density at radius 3 is 2.63 bits per heavy atom. The van der Waals surface area contributed by atoms with Gasteiger partial charge in [-0.1, -0.05) is 18.9 Å². The van der Waals surface area contributed by atoms with Crippen LogP contribution in [0.4, 0.5) is 8.78 Å². The predicted octanol–water partition coefficient (Wildman–Crippen LogP) is 1.75. The Labute approximate surface area is 236 Å². The van der Waals surface area contributed by atoms with Crippen LogP contribution in [0.3, 0.4) is 0 Å². The molecule has 4 heterocycles. The van der Waals surface area contributed by atoms with Gasteiger partial charge in [-0.15, -0.1) is 0 Å². The molecule has 2 amide bonds. The Kier molecular flexibility index (Phi) is 7.80. The molecule has 2 N–H and O–H groups in total. The number of carbonyl (C=O) groups excluding carboxylic acids is 2. The highest BCUT2D eigenvalue weighted by atomic mass is 19.1. The van der Waals surface area contributed by atoms with Crippen molar-refractivity contribution in [2.45, 2.75) is 51.0 Å². The summed E-state index contributed by atoms with van der Waals surface area (Å²) < 4.78 is 34.3. The minimum Gasteiger partial charge on any atom is -0.503 e. The highest BCUT2D eigenvalue weighted by Gasteiger charge is 2.48. The van der Waals surface area contributed by atoms with E-state index in [9.17, 15) is 28.3 Å². The molecule has 2 saturated heterocycles. The molecule has 2 aromatic rings. The third kappa shape index (κ3) is 5.35. The van der Waals surface area contributed by atoms with Crippen LogP contribution in [0.1, 0.15) is 52.1 Å². The van der Waals surface area contributed by atoms with E-state index in [2.05, 4.69) is 15.1 Å². The molecule has 3 aliphatic heterocycles. The molecule has 1 saturated carbocycles. The Morgan fingerprint density at radius 1 is 1.07 bits per heavy atom. The first-order valence-electron chi connectivity index (χ1n) is 14.4. The zero-order valence-electron chi connectivity index (χ0n) is 22.9. The van der Waals surface area contributed by atoms with Gasteiger partial charge >= 0.3 is 0 Å². The summed E-state index contributed by atoms with van der Waals surface area (Å²) in [5, 5.41) is 13.4. The van der Waals surface area contributed by atoms with E-state index in [4.69, 9.17) is 4.74 Å². The van der Waals surface area contributed by atoms with Gasteiger partial charge in [0.1, 0.15) is 23.4 Å². The smallest absolute Gasteiger partial charge is 0.276 e. The summed E-state index contributed by atoms with van der Waals surface area (Å²) in [6.45, 7) is 5.63. The second kappa shape index (κ2) is 11.5. The fraction of sp³-hybridized carbons (Fsp3) is 0.552. The van der Waals surface area contributed by atoms with Crippen LogP contribution in [0.5, 0.6) is 5.75 Å². The first-order chi connectivity index (χ1) is 19.8. The van der Waals surface area contributed by atoms with Crippen molar-refractivity contribution in [3.63, 3.8) is 0 Å². The molecule has 12 heteroatoms. The average Bonchev–Trinajstić information content (AvgIpc) is 2.97. The molecule has 1 unspecified atom stereocenters. The van der Waals surface area contributed by atoms with Gasteiger partial charge in [0.25, 0.3) is 11.8 Å². The number of benzene rings is 1. The highest BCUT2D eigenvalue weighted by molar-refractivity contribution is 5.99. The third-order valence-corrected chi connectivity index (χ3v) is 9.00. The summed E-state index contributed by atoms with van der Waals surface area (Å²) in [7, 11) is 0. The van der Waals surface area contributed by atoms with E-state index in [1.165, 1.54) is 16.8 Å². The van der Waals surface area contributed by atoms with Gasteiger partial charge in [0.05, 0.1) is 19.8 Å². The molecule has 0 bridgehead atoms. The van der Waals surface area contributed by atoms with Gasteiger partial charge in [-0.2, -0.15) is 0 Å². The number of amides is 2. The van der Waals surface area contributed by atoms with Crippen LogP contribution in [0.15, 0.2) is 29.2 Å². The van der Waals surface area contributed by atoms with E-state index in [1.807, 2.05) is 4.90 Å². The van der Waals surface area contributed by atoms with Crippen LogP contribution in [-0.2, 0) is 17.8 Å². The van der Waals surface area contributed by atoms with Gasteiger partial charge in [-0.25, -0.2) is 8.78 Å². The second-order valence-electron chi connectivity index (χ2n) is 11.4. The molecule has 3 fully saturated rings. The lowest BCUT2D eigenvalue weighted by Gasteiger charge is -2.55. The fourth-order valence-corrected chi connectivity index (χ4v) is 6.83. The molecular weight excluding hydrogens is 536 g/mol. The molecular formula is C29H35F2N5O5. The van der Waals surface area contributed by atoms with Gasteiger partial charge in [-0.3, -0.25) is 24.2 Å². The summed E-state index contributed by atoms with van der Waals surface area (Å²) in [6.07, 6.45) is 5.10. The first kappa shape index (κ1) is 27.8. The lowest BCUT2D eigenvalue weighted by molar-refractivity contribution is -0.0775. The number of pyridine rings is 1. The number of fused-ring (bicyclic) bond motifs is 4. The number of hydrogen-bond donors (Lipinski definition) is 2. The monoisotopic (exact) mass is 571 g/mol. The topological polar surface area (TPSA) is 107 Å². The number of morpholine rings is 1. The zero-order valence-corrected chi connectivity index (χ0v) is 22.9. The number of aromatic nitrogens is 1. The minimum atomic E-state index is -0.957. The first-order valence-corrected chi connectivity index (χ1v) is 14.4. The summed E-state index contributed by atoms with van der Waals surface area (Å²) in [4.78, 5) is 46.6. The lowest BCUT2D eigenvalue weighted by atomic mass is 9.80. The van der Waals surface area contributed by atoms with Crippen LogP contribution < -0.4 is 10.7 Å². The largest absolute Gasteiger partial charge is 0.503 e. The van der Waals surface area contributed by atoms with E-state index >= 15 is 0 Å². The van der Waals surface area contributed by atoms with Crippen LogP contribution >= 0.6 is 0 Å². The summed E-state index contributed by atoms with van der Waals surface area (Å²) in [5.41, 5.74) is -1.36. The fourth-order valence-electron chi connectivity index (χ4n) is 6.83. The van der Waals surface area contributed by atoms with Gasteiger partial charge in [0.2, 0.25) is 5.43 Å². The number of hydrogen-bond acceptors (Lipinski definition) is 7. The molecule has 3 atom stereocenters. The van der Waals surface area contributed by atoms with Gasteiger partial charge in [0, 0.05) is 63.1 Å². The molecule has 0 spiro atoms. The molecule has 10 nitrogen and oxygen atoms in total. The Morgan fingerprint density at radius 2 is 1.85 bits per heavy atom. The normalized spacial score (nSPS) is 24.9. The standard InChI is InChI=1S/C29H35F2N5O5/c30-20-6-5-18(22(31)13-20)14-32-28(39)21-16-35-17-24-34(8-7-33-9-11-41-12-10-33)15-19-3-1-2-4-23(19)36(24)29(40)25(35)27(38)26(21)37/h5-6,13,16,19,23-24,38H,1-4,7-12,14-15,17H2,(H,32,39)/t19?,23-,24-/m0/s1. The molecule has 41 heavy (non-hydrogen) atoms. The third-order valence-electron chi connectivity index (χ3n) is 9.00. The van der Waals surface area contributed by atoms with Crippen LogP contribution in [0.2, 0.25) is 0 Å². The Hall–Kier alpha value is -3.35. The molecule has 1 aliphatic carbocycles. The number of ether oxygens (including phenoxy) is 1. The molecule has 220 valence electrons. The van der Waals surface area contributed by atoms with E-state index in [0.29, 0.717) is 31.7 Å². The second-order valence-corrected chi connectivity index (χ2v) is 11.4. The minimum absolute atomic E-state index is 0.0396. The van der Waals surface area contributed by atoms with Crippen LogP contribution in [0.25, 0.3) is 0 Å². The summed E-state index contributed by atoms with van der Waals surface area (Å²) in [5.74, 6) is -3.21. The van der Waals surface area contributed by atoms with E-state index in [0.717, 1.165) is 64.5 Å². The van der Waals surface area contributed by atoms with Crippen molar-refractivity contribution in [3.8, 4) is 5.75 Å². The number of nitrogens with zero attached hydrogens (tertiary/aromatic N) is 4. The number of halogens is 2. The van der Waals surface area contributed by atoms with E-state index < -0.39 is 34.6 Å². The zero-order chi connectivity index (χ0) is 28.7. The quantitative estimate of drug-likeness (QED) is 0.544. The van der Waals surface area contributed by atoms with Crippen LogP contribution in [-0.4, -0.2) is 94.3 Å². The molecule has 4 aliphatic rings. The predicted molar refractivity (Wildman–Crippen MR) is 144 cm³/mol. The van der Waals surface area contributed by atoms with Crippen molar-refractivity contribution in [2.75, 3.05) is 45.9 Å². The van der Waals surface area contributed by atoms with Crippen molar-refractivity contribution in [1.82, 2.24) is 24.6 Å². The van der Waals surface area contributed by atoms with E-state index in [-0.39, 0.29) is 35.6 Å². The lowest BCUT2D eigenvalue weighted by Crippen LogP contribution is -2.68.